The van der Waals surface area contributed by atoms with E-state index in [9.17, 15) is 4.39 Å². The molecular weight excluding hydrogens is 219 g/mol. The maximum atomic E-state index is 13.0. The van der Waals surface area contributed by atoms with Crippen molar-refractivity contribution >= 4 is 18.2 Å². The van der Waals surface area contributed by atoms with Crippen molar-refractivity contribution in [1.29, 1.82) is 0 Å². The molecule has 0 fully saturated rings. The zero-order valence-corrected chi connectivity index (χ0v) is 10.9. The number of allylic oxidation sites excluding steroid dienone is 2. The first-order valence-electron chi connectivity index (χ1n) is 5.90. The molecule has 2 rings (SSSR count). The van der Waals surface area contributed by atoms with E-state index >= 15 is 0 Å². The van der Waals surface area contributed by atoms with Gasteiger partial charge in [0.1, 0.15) is 5.82 Å². The van der Waals surface area contributed by atoms with Gasteiger partial charge in [-0.1, -0.05) is 26.0 Å². The lowest BCUT2D eigenvalue weighted by Gasteiger charge is -2.04. The van der Waals surface area contributed by atoms with Crippen LogP contribution in [0.2, 0.25) is 0 Å². The van der Waals surface area contributed by atoms with Crippen LogP contribution in [0.4, 0.5) is 4.39 Å². The number of thiol groups is 1. The Morgan fingerprint density at radius 3 is 2.75 bits per heavy atom. The molecule has 0 radical (unpaired) electrons. The number of fused-ring (bicyclic) bond motifs is 1. The lowest BCUT2D eigenvalue weighted by atomic mass is 10.0. The smallest absolute Gasteiger partial charge is 0.123 e. The lowest BCUT2D eigenvalue weighted by Crippen LogP contribution is -1.87. The summed E-state index contributed by atoms with van der Waals surface area (Å²) >= 11 is 4.18. The Hall–Kier alpha value is -0.760. The number of benzene rings is 1. The maximum Gasteiger partial charge on any atom is 0.123 e. The Kier molecular flexibility index (Phi) is 5.61. The summed E-state index contributed by atoms with van der Waals surface area (Å²) in [5.74, 6) is 0.754. The van der Waals surface area contributed by atoms with Gasteiger partial charge >= 0.3 is 0 Å². The van der Waals surface area contributed by atoms with Crippen molar-refractivity contribution < 1.29 is 4.39 Å². The second-order valence-corrected chi connectivity index (χ2v) is 4.01. The highest BCUT2D eigenvalue weighted by molar-refractivity contribution is 7.80. The Balaban J connectivity index is 0.000000606. The zero-order valence-electron chi connectivity index (χ0n) is 9.96. The average Bonchev–Trinajstić information content (AvgIpc) is 2.71. The van der Waals surface area contributed by atoms with Crippen molar-refractivity contribution in [1.82, 2.24) is 0 Å². The van der Waals surface area contributed by atoms with E-state index in [4.69, 9.17) is 0 Å². The Bertz CT molecular complexity index is 369. The van der Waals surface area contributed by atoms with Crippen LogP contribution in [0.15, 0.2) is 24.3 Å². The van der Waals surface area contributed by atoms with E-state index in [0.717, 1.165) is 30.6 Å². The molecule has 1 aromatic rings. The fraction of sp³-hybridized carbons (Fsp3) is 0.429. The van der Waals surface area contributed by atoms with Crippen molar-refractivity contribution in [3.8, 4) is 0 Å². The minimum Gasteiger partial charge on any atom is -0.207 e. The summed E-state index contributed by atoms with van der Waals surface area (Å²) in [7, 11) is 0. The quantitative estimate of drug-likeness (QED) is 0.736. The average molecular weight is 238 g/mol. The second kappa shape index (κ2) is 6.74. The van der Waals surface area contributed by atoms with Crippen LogP contribution in [-0.2, 0) is 6.42 Å². The molecule has 1 aromatic carbocycles. The first-order valence-corrected chi connectivity index (χ1v) is 6.53. The van der Waals surface area contributed by atoms with Gasteiger partial charge < -0.3 is 0 Å². The first-order chi connectivity index (χ1) is 7.81. The van der Waals surface area contributed by atoms with Crippen LogP contribution in [0, 0.1) is 5.82 Å². The highest BCUT2D eigenvalue weighted by atomic mass is 32.1. The van der Waals surface area contributed by atoms with Gasteiger partial charge in [0.25, 0.3) is 0 Å². The molecule has 1 aliphatic carbocycles. The molecule has 0 nitrogen and oxygen atoms in total. The third kappa shape index (κ3) is 3.11. The Morgan fingerprint density at radius 1 is 1.31 bits per heavy atom. The minimum atomic E-state index is -0.137. The summed E-state index contributed by atoms with van der Waals surface area (Å²) < 4.78 is 13.0. The van der Waals surface area contributed by atoms with Gasteiger partial charge in [0, 0.05) is 0 Å². The van der Waals surface area contributed by atoms with Crippen LogP contribution < -0.4 is 0 Å². The predicted molar refractivity (Wildman–Crippen MR) is 72.5 cm³/mol. The number of rotatable bonds is 3. The fourth-order valence-corrected chi connectivity index (χ4v) is 2.03. The summed E-state index contributed by atoms with van der Waals surface area (Å²) in [6.45, 7) is 4.00. The van der Waals surface area contributed by atoms with Crippen LogP contribution in [0.1, 0.15) is 37.8 Å². The van der Waals surface area contributed by atoms with Gasteiger partial charge in [-0.2, -0.15) is 12.6 Å². The van der Waals surface area contributed by atoms with E-state index in [-0.39, 0.29) is 5.82 Å². The van der Waals surface area contributed by atoms with Gasteiger partial charge in [0.15, 0.2) is 0 Å². The molecule has 0 saturated carbocycles. The SMILES string of the molecule is CC.Fc1ccc2c(c1)C(CCCS)=CC2. The number of hydrogen-bond acceptors (Lipinski definition) is 1. The van der Waals surface area contributed by atoms with Crippen LogP contribution in [0.3, 0.4) is 0 Å². The van der Waals surface area contributed by atoms with E-state index < -0.39 is 0 Å². The van der Waals surface area contributed by atoms with Crippen molar-refractivity contribution in [3.63, 3.8) is 0 Å². The van der Waals surface area contributed by atoms with Crippen molar-refractivity contribution in [2.75, 3.05) is 5.75 Å². The minimum absolute atomic E-state index is 0.137. The van der Waals surface area contributed by atoms with Crippen molar-refractivity contribution in [2.24, 2.45) is 0 Å². The molecule has 0 atom stereocenters. The van der Waals surface area contributed by atoms with E-state index in [2.05, 4.69) is 18.7 Å². The normalized spacial score (nSPS) is 12.6. The largest absolute Gasteiger partial charge is 0.207 e. The first kappa shape index (κ1) is 13.3. The highest BCUT2D eigenvalue weighted by Gasteiger charge is 2.13. The zero-order chi connectivity index (χ0) is 12.0. The summed E-state index contributed by atoms with van der Waals surface area (Å²) in [4.78, 5) is 0. The topological polar surface area (TPSA) is 0 Å². The van der Waals surface area contributed by atoms with Crippen molar-refractivity contribution in [3.05, 3.63) is 41.2 Å². The number of hydrogen-bond donors (Lipinski definition) is 1. The highest BCUT2D eigenvalue weighted by Crippen LogP contribution is 2.31. The van der Waals surface area contributed by atoms with Crippen LogP contribution in [0.25, 0.3) is 5.57 Å². The Labute approximate surface area is 103 Å². The van der Waals surface area contributed by atoms with Gasteiger partial charge in [0.2, 0.25) is 0 Å². The molecule has 0 heterocycles. The Morgan fingerprint density at radius 2 is 2.06 bits per heavy atom. The van der Waals surface area contributed by atoms with E-state index in [0.29, 0.717) is 0 Å². The van der Waals surface area contributed by atoms with Gasteiger partial charge in [-0.15, -0.1) is 0 Å². The van der Waals surface area contributed by atoms with Crippen LogP contribution >= 0.6 is 12.6 Å². The molecule has 0 unspecified atom stereocenters. The molecule has 0 amide bonds. The van der Waals surface area contributed by atoms with Gasteiger partial charge in [0.05, 0.1) is 0 Å². The molecular formula is C14H19FS. The summed E-state index contributed by atoms with van der Waals surface area (Å²) in [5.41, 5.74) is 3.64. The molecule has 0 N–H and O–H groups in total. The van der Waals surface area contributed by atoms with Gasteiger partial charge in [-0.25, -0.2) is 4.39 Å². The fourth-order valence-electron chi connectivity index (χ4n) is 1.87. The third-order valence-corrected chi connectivity index (χ3v) is 2.91. The van der Waals surface area contributed by atoms with E-state index in [1.54, 1.807) is 6.07 Å². The number of halogens is 1. The third-order valence-electron chi connectivity index (χ3n) is 2.59. The summed E-state index contributed by atoms with van der Waals surface area (Å²) in [6.07, 6.45) is 5.23. The molecule has 16 heavy (non-hydrogen) atoms. The van der Waals surface area contributed by atoms with Gasteiger partial charge in [-0.05, 0) is 53.8 Å². The molecule has 2 heteroatoms. The molecule has 0 aliphatic heterocycles. The maximum absolute atomic E-state index is 13.0. The monoisotopic (exact) mass is 238 g/mol. The molecule has 0 bridgehead atoms. The van der Waals surface area contributed by atoms with E-state index in [1.165, 1.54) is 17.2 Å². The summed E-state index contributed by atoms with van der Waals surface area (Å²) in [6, 6.07) is 5.07. The molecule has 0 saturated heterocycles. The van der Waals surface area contributed by atoms with Crippen molar-refractivity contribution in [2.45, 2.75) is 33.1 Å². The van der Waals surface area contributed by atoms with E-state index in [1.807, 2.05) is 19.9 Å². The standard InChI is InChI=1S/C12H13FS.C2H6/c13-11-6-5-10-4-3-9(2-1-7-14)12(10)8-11;1-2/h3,5-6,8,14H,1-2,4,7H2;1-2H3. The molecule has 1 aliphatic rings. The lowest BCUT2D eigenvalue weighted by molar-refractivity contribution is 0.627. The van der Waals surface area contributed by atoms with Crippen LogP contribution in [-0.4, -0.2) is 5.75 Å². The molecule has 88 valence electrons. The molecule has 0 aromatic heterocycles. The predicted octanol–water partition coefficient (Wildman–Crippen LogP) is 4.50. The van der Waals surface area contributed by atoms with Crippen LogP contribution in [0.5, 0.6) is 0 Å². The summed E-state index contributed by atoms with van der Waals surface area (Å²) in [5, 5.41) is 0. The molecule has 0 spiro atoms. The second-order valence-electron chi connectivity index (χ2n) is 3.56. The van der Waals surface area contributed by atoms with Gasteiger partial charge in [-0.3, -0.25) is 0 Å².